The van der Waals surface area contributed by atoms with Gasteiger partial charge in [-0.25, -0.2) is 0 Å². The van der Waals surface area contributed by atoms with Crippen molar-refractivity contribution in [1.82, 2.24) is 4.90 Å². The molecule has 0 aromatic carbocycles. The van der Waals surface area contributed by atoms with Gasteiger partial charge < -0.3 is 14.4 Å². The number of aliphatic hydroxyl groups is 1. The van der Waals surface area contributed by atoms with Crippen LogP contribution in [0.4, 0.5) is 0 Å². The van der Waals surface area contributed by atoms with Gasteiger partial charge in [0, 0.05) is 13.0 Å². The number of carbonyl (C=O) groups excluding carboxylic acids is 1. The first-order valence-corrected chi connectivity index (χ1v) is 7.19. The largest absolute Gasteiger partial charge is 0.467 e. The highest BCUT2D eigenvalue weighted by Crippen LogP contribution is 2.10. The van der Waals surface area contributed by atoms with Crippen LogP contribution in [0, 0.1) is 0 Å². The average Bonchev–Trinajstić information content (AvgIpc) is 2.91. The molecule has 1 heterocycles. The highest BCUT2D eigenvalue weighted by atomic mass is 16.3. The Labute approximate surface area is 115 Å². The van der Waals surface area contributed by atoms with Gasteiger partial charge in [0.15, 0.2) is 0 Å². The molecule has 0 bridgehead atoms. The lowest BCUT2D eigenvalue weighted by Crippen LogP contribution is -2.32. The maximum absolute atomic E-state index is 12.1. The van der Waals surface area contributed by atoms with Crippen molar-refractivity contribution in [3.8, 4) is 0 Å². The molecule has 0 fully saturated rings. The molecule has 0 atom stereocenters. The van der Waals surface area contributed by atoms with Gasteiger partial charge in [-0.3, -0.25) is 4.79 Å². The molecule has 4 heteroatoms. The van der Waals surface area contributed by atoms with Crippen molar-refractivity contribution < 1.29 is 14.3 Å². The summed E-state index contributed by atoms with van der Waals surface area (Å²) in [4.78, 5) is 13.7. The molecule has 108 valence electrons. The van der Waals surface area contributed by atoms with Crippen LogP contribution in [0.2, 0.25) is 0 Å². The molecular weight excluding hydrogens is 242 g/mol. The van der Waals surface area contributed by atoms with E-state index in [4.69, 9.17) is 9.52 Å². The second-order valence-corrected chi connectivity index (χ2v) is 4.78. The fourth-order valence-electron chi connectivity index (χ4n) is 2.04. The summed E-state index contributed by atoms with van der Waals surface area (Å²) >= 11 is 0. The molecule has 0 saturated carbocycles. The van der Waals surface area contributed by atoms with Crippen LogP contribution >= 0.6 is 0 Å². The third kappa shape index (κ3) is 6.43. The van der Waals surface area contributed by atoms with E-state index in [1.807, 2.05) is 12.1 Å². The summed E-state index contributed by atoms with van der Waals surface area (Å²) in [5, 5.41) is 9.03. The Hall–Kier alpha value is -1.29. The Morgan fingerprint density at radius 3 is 2.74 bits per heavy atom. The topological polar surface area (TPSA) is 53.7 Å². The number of furan rings is 1. The molecule has 0 aliphatic heterocycles. The third-order valence-corrected chi connectivity index (χ3v) is 3.14. The Morgan fingerprint density at radius 2 is 2.11 bits per heavy atom. The summed E-state index contributed by atoms with van der Waals surface area (Å²) in [5.74, 6) is 0.856. The summed E-state index contributed by atoms with van der Waals surface area (Å²) in [6, 6.07) is 3.65. The van der Waals surface area contributed by atoms with Gasteiger partial charge in [-0.15, -0.1) is 0 Å². The van der Waals surface area contributed by atoms with Crippen LogP contribution in [0.25, 0.3) is 0 Å². The van der Waals surface area contributed by atoms with Gasteiger partial charge in [-0.2, -0.15) is 0 Å². The minimum absolute atomic E-state index is 0.0116. The molecule has 0 saturated heterocycles. The molecule has 1 aromatic heterocycles. The Morgan fingerprint density at radius 1 is 1.32 bits per heavy atom. The molecule has 19 heavy (non-hydrogen) atoms. The molecule has 1 N–H and O–H groups in total. The van der Waals surface area contributed by atoms with Gasteiger partial charge >= 0.3 is 0 Å². The van der Waals surface area contributed by atoms with Crippen LogP contribution in [0.1, 0.15) is 51.2 Å². The summed E-state index contributed by atoms with van der Waals surface area (Å²) in [7, 11) is 0. The van der Waals surface area contributed by atoms with E-state index in [1.54, 1.807) is 11.2 Å². The fraction of sp³-hybridized carbons (Fsp3) is 0.667. The van der Waals surface area contributed by atoms with Crippen LogP contribution in [0.3, 0.4) is 0 Å². The molecule has 0 unspecified atom stereocenters. The van der Waals surface area contributed by atoms with Crippen LogP contribution in [-0.2, 0) is 11.3 Å². The zero-order valence-electron chi connectivity index (χ0n) is 11.8. The van der Waals surface area contributed by atoms with Gasteiger partial charge in [0.25, 0.3) is 0 Å². The molecule has 1 aromatic rings. The molecule has 0 aliphatic carbocycles. The van der Waals surface area contributed by atoms with E-state index >= 15 is 0 Å². The molecule has 0 aliphatic rings. The Balaban J connectivity index is 2.31. The lowest BCUT2D eigenvalue weighted by Gasteiger charge is -2.20. The van der Waals surface area contributed by atoms with E-state index in [0.29, 0.717) is 19.5 Å². The van der Waals surface area contributed by atoms with E-state index in [2.05, 4.69) is 6.92 Å². The number of amides is 1. The van der Waals surface area contributed by atoms with E-state index < -0.39 is 0 Å². The lowest BCUT2D eigenvalue weighted by molar-refractivity contribution is -0.132. The van der Waals surface area contributed by atoms with E-state index in [9.17, 15) is 4.79 Å². The summed E-state index contributed by atoms with van der Waals surface area (Å²) in [6.45, 7) is 2.98. The van der Waals surface area contributed by atoms with Crippen molar-refractivity contribution in [2.45, 2.75) is 52.0 Å². The first-order chi connectivity index (χ1) is 9.27. The standard InChI is InChI=1S/C15H25NO3/c1-2-3-4-5-6-9-15(18)16(10-11-17)13-14-8-7-12-19-14/h7-8,12,17H,2-6,9-11,13H2,1H3. The van der Waals surface area contributed by atoms with Crippen molar-refractivity contribution in [2.75, 3.05) is 13.2 Å². The SMILES string of the molecule is CCCCCCCC(=O)N(CCO)Cc1ccco1. The van der Waals surface area contributed by atoms with E-state index in [1.165, 1.54) is 19.3 Å². The maximum Gasteiger partial charge on any atom is 0.223 e. The van der Waals surface area contributed by atoms with Crippen molar-refractivity contribution in [3.05, 3.63) is 24.2 Å². The van der Waals surface area contributed by atoms with E-state index in [0.717, 1.165) is 18.6 Å². The second kappa shape index (κ2) is 9.62. The smallest absolute Gasteiger partial charge is 0.223 e. The number of nitrogens with zero attached hydrogens (tertiary/aromatic N) is 1. The molecular formula is C15H25NO3. The second-order valence-electron chi connectivity index (χ2n) is 4.78. The van der Waals surface area contributed by atoms with Crippen molar-refractivity contribution in [1.29, 1.82) is 0 Å². The minimum atomic E-state index is -0.0116. The first kappa shape index (κ1) is 15.8. The number of carbonyl (C=O) groups is 1. The van der Waals surface area contributed by atoms with Gasteiger partial charge in [0.1, 0.15) is 5.76 Å². The molecule has 4 nitrogen and oxygen atoms in total. The van der Waals surface area contributed by atoms with Crippen LogP contribution in [0.5, 0.6) is 0 Å². The minimum Gasteiger partial charge on any atom is -0.467 e. The summed E-state index contributed by atoms with van der Waals surface area (Å²) in [5.41, 5.74) is 0. The molecule has 0 spiro atoms. The first-order valence-electron chi connectivity index (χ1n) is 7.19. The summed E-state index contributed by atoms with van der Waals surface area (Å²) < 4.78 is 5.24. The average molecular weight is 267 g/mol. The van der Waals surface area contributed by atoms with Crippen LogP contribution < -0.4 is 0 Å². The number of aliphatic hydroxyl groups excluding tert-OH is 1. The summed E-state index contributed by atoms with van der Waals surface area (Å²) in [6.07, 6.45) is 7.84. The van der Waals surface area contributed by atoms with Crippen molar-refractivity contribution >= 4 is 5.91 Å². The Bertz CT molecular complexity index is 335. The van der Waals surface area contributed by atoms with Crippen molar-refractivity contribution in [3.63, 3.8) is 0 Å². The van der Waals surface area contributed by atoms with Crippen LogP contribution in [-0.4, -0.2) is 29.1 Å². The monoisotopic (exact) mass is 267 g/mol. The predicted octanol–water partition coefficient (Wildman–Crippen LogP) is 2.96. The van der Waals surface area contributed by atoms with Crippen LogP contribution in [0.15, 0.2) is 22.8 Å². The fourth-order valence-corrected chi connectivity index (χ4v) is 2.04. The van der Waals surface area contributed by atoms with Gasteiger partial charge in [0.2, 0.25) is 5.91 Å². The molecule has 1 amide bonds. The third-order valence-electron chi connectivity index (χ3n) is 3.14. The van der Waals surface area contributed by atoms with Gasteiger partial charge in [0.05, 0.1) is 19.4 Å². The maximum atomic E-state index is 12.1. The normalized spacial score (nSPS) is 10.6. The molecule has 1 rings (SSSR count). The number of hydrogen-bond donors (Lipinski definition) is 1. The quantitative estimate of drug-likeness (QED) is 0.663. The van der Waals surface area contributed by atoms with Gasteiger partial charge in [-0.05, 0) is 18.6 Å². The predicted molar refractivity (Wildman–Crippen MR) is 74.6 cm³/mol. The highest BCUT2D eigenvalue weighted by Gasteiger charge is 2.14. The Kier molecular flexibility index (Phi) is 7.98. The number of rotatable bonds is 10. The zero-order valence-corrected chi connectivity index (χ0v) is 11.8. The highest BCUT2D eigenvalue weighted by molar-refractivity contribution is 5.76. The van der Waals surface area contributed by atoms with Crippen molar-refractivity contribution in [2.24, 2.45) is 0 Å². The number of hydrogen-bond acceptors (Lipinski definition) is 3. The zero-order chi connectivity index (χ0) is 13.9. The van der Waals surface area contributed by atoms with E-state index in [-0.39, 0.29) is 12.5 Å². The number of unbranched alkanes of at least 4 members (excludes halogenated alkanes) is 4. The molecule has 0 radical (unpaired) electrons. The van der Waals surface area contributed by atoms with Gasteiger partial charge in [-0.1, -0.05) is 32.6 Å². The lowest BCUT2D eigenvalue weighted by atomic mass is 10.1.